The number of hydrogen-bond acceptors (Lipinski definition) is 4. The normalized spacial score (nSPS) is 9.86. The molecule has 304 valence electrons. The highest BCUT2D eigenvalue weighted by Gasteiger charge is 2.05. The summed E-state index contributed by atoms with van der Waals surface area (Å²) in [5.74, 6) is 0.968. The summed E-state index contributed by atoms with van der Waals surface area (Å²) >= 11 is 3.52. The fourth-order valence-electron chi connectivity index (χ4n) is 6.09. The van der Waals surface area contributed by atoms with Crippen LogP contribution >= 0.6 is 22.7 Å². The van der Waals surface area contributed by atoms with Crippen molar-refractivity contribution in [2.75, 3.05) is 0 Å². The lowest BCUT2D eigenvalue weighted by molar-refractivity contribution is 0.534. The van der Waals surface area contributed by atoms with Crippen LogP contribution in [0.2, 0.25) is 0 Å². The summed E-state index contributed by atoms with van der Waals surface area (Å²) in [5, 5.41) is 11.7. The number of aromatic nitrogens is 1. The van der Waals surface area contributed by atoms with Crippen LogP contribution in [-0.4, -0.2) is 4.57 Å². The lowest BCUT2D eigenvalue weighted by atomic mass is 10.0. The molecule has 0 N–H and O–H groups in total. The van der Waals surface area contributed by atoms with E-state index in [1.807, 2.05) is 32.0 Å². The van der Waals surface area contributed by atoms with Crippen molar-refractivity contribution in [3.8, 4) is 0 Å². The van der Waals surface area contributed by atoms with E-state index in [9.17, 15) is 0 Å². The predicted octanol–water partition coefficient (Wildman–Crippen LogP) is 16.7. The molecule has 0 aliphatic carbocycles. The van der Waals surface area contributed by atoms with E-state index in [1.165, 1.54) is 76.4 Å². The molecule has 0 unspecified atom stereocenters. The Morgan fingerprint density at radius 1 is 0.475 bits per heavy atom. The third-order valence-corrected chi connectivity index (χ3v) is 11.2. The van der Waals surface area contributed by atoms with Gasteiger partial charge in [-0.1, -0.05) is 103 Å². The molecule has 0 bridgehead atoms. The van der Waals surface area contributed by atoms with Crippen molar-refractivity contribution in [3.05, 3.63) is 224 Å². The van der Waals surface area contributed by atoms with Gasteiger partial charge >= 0.3 is 0 Å². The maximum Gasteiger partial charge on any atom is 0.100 e. The van der Waals surface area contributed by atoms with E-state index < -0.39 is 0 Å². The summed E-state index contributed by atoms with van der Waals surface area (Å²) in [7, 11) is 2.12. The maximum atomic E-state index is 4.83. The molecule has 5 heteroatoms. The van der Waals surface area contributed by atoms with Gasteiger partial charge < -0.3 is 13.4 Å². The second kappa shape index (κ2) is 24.1. The fourth-order valence-corrected chi connectivity index (χ4v) is 7.28. The zero-order valence-corrected chi connectivity index (χ0v) is 38.0. The predicted molar refractivity (Wildman–Crippen MR) is 260 cm³/mol. The number of thiophene rings is 2. The average Bonchev–Trinajstić information content (AvgIpc) is 4.12. The minimum Gasteiger partial charge on any atom is -0.472 e. The molecule has 10 rings (SSSR count). The van der Waals surface area contributed by atoms with Gasteiger partial charge in [0.1, 0.15) is 5.76 Å². The van der Waals surface area contributed by atoms with Crippen LogP contribution < -0.4 is 0 Å². The number of rotatable bonds is 0. The molecule has 0 amide bonds. The summed E-state index contributed by atoms with van der Waals surface area (Å²) in [6.45, 7) is 18.8. The number of hydrogen-bond donors (Lipinski definition) is 0. The van der Waals surface area contributed by atoms with Crippen molar-refractivity contribution in [3.63, 3.8) is 0 Å². The third kappa shape index (κ3) is 15.1. The standard InChI is InChI=1S/C13H11N.C12H12.C9H12.2C5H6O.2C5H6S/c1-14-12-8-4-2-6-10(12)11-7-3-5-9-13(11)14;1-9-7-10(2)12-6-4-3-5-11(12)8-9;1-7-5-4-6-8(2)9(7)3;1-5-2-3-6-4-5;1-5-3-2-4-6-5;1-5-2-3-6-4-5;1-5-3-2-4-6-5/h2-9H,1H3;3-8H,1-2H3;4-6H,1-3H3;4*2-4H,1H3. The minimum absolute atomic E-state index is 0.968. The quantitative estimate of drug-likeness (QED) is 0.153. The van der Waals surface area contributed by atoms with Crippen LogP contribution in [0, 0.1) is 62.3 Å². The number of benzene rings is 5. The fraction of sp³-hybridized carbons (Fsp3) is 0.185. The Labute approximate surface area is 360 Å². The van der Waals surface area contributed by atoms with Gasteiger partial charge in [0.25, 0.3) is 0 Å². The van der Waals surface area contributed by atoms with Crippen LogP contribution in [0.15, 0.2) is 183 Å². The number of aryl methyl sites for hydroxylation is 9. The van der Waals surface area contributed by atoms with Gasteiger partial charge in [0.2, 0.25) is 0 Å². The first kappa shape index (κ1) is 45.8. The molecule has 0 fully saturated rings. The van der Waals surface area contributed by atoms with Gasteiger partial charge in [-0.3, -0.25) is 0 Å². The van der Waals surface area contributed by atoms with E-state index in [1.54, 1.807) is 41.5 Å². The van der Waals surface area contributed by atoms with Gasteiger partial charge in [-0.25, -0.2) is 0 Å². The summed E-state index contributed by atoms with van der Waals surface area (Å²) in [4.78, 5) is 1.38. The van der Waals surface area contributed by atoms with E-state index in [0.29, 0.717) is 0 Å². The molecule has 59 heavy (non-hydrogen) atoms. The molecule has 10 aromatic rings. The van der Waals surface area contributed by atoms with Crippen molar-refractivity contribution in [2.45, 2.75) is 62.3 Å². The molecule has 3 nitrogen and oxygen atoms in total. The smallest absolute Gasteiger partial charge is 0.100 e. The first-order chi connectivity index (χ1) is 28.4. The van der Waals surface area contributed by atoms with Gasteiger partial charge in [-0.2, -0.15) is 11.3 Å². The van der Waals surface area contributed by atoms with Gasteiger partial charge in [0.05, 0.1) is 18.8 Å². The molecule has 0 aliphatic rings. The van der Waals surface area contributed by atoms with Crippen molar-refractivity contribution in [1.82, 2.24) is 4.57 Å². The lowest BCUT2D eigenvalue weighted by Crippen LogP contribution is -1.84. The number of furan rings is 2. The molecule has 0 aliphatic heterocycles. The second-order valence-electron chi connectivity index (χ2n) is 14.5. The Bertz CT molecular complexity index is 2440. The zero-order valence-electron chi connectivity index (χ0n) is 36.3. The van der Waals surface area contributed by atoms with Crippen LogP contribution in [-0.2, 0) is 7.05 Å². The molecule has 5 heterocycles. The average molecular weight is 818 g/mol. The van der Waals surface area contributed by atoms with Gasteiger partial charge in [0.15, 0.2) is 0 Å². The van der Waals surface area contributed by atoms with Crippen molar-refractivity contribution < 1.29 is 8.83 Å². The highest BCUT2D eigenvalue weighted by molar-refractivity contribution is 7.09. The number of nitrogens with zero attached hydrogens (tertiary/aromatic N) is 1. The number of fused-ring (bicyclic) bond motifs is 4. The van der Waals surface area contributed by atoms with Crippen molar-refractivity contribution in [1.29, 1.82) is 0 Å². The summed E-state index contributed by atoms with van der Waals surface area (Å²) in [5.41, 5.74) is 12.0. The van der Waals surface area contributed by atoms with Crippen molar-refractivity contribution >= 4 is 55.3 Å². The first-order valence-electron chi connectivity index (χ1n) is 19.8. The highest BCUT2D eigenvalue weighted by atomic mass is 32.1. The SMILES string of the molecule is Cc1cc(C)c2ccccc2c1.Cc1cccc(C)c1C.Cc1ccco1.Cc1cccs1.Cc1ccoc1.Cc1ccsc1.Cn1c2ccccc2c2ccccc21. The molecule has 5 aromatic heterocycles. The Morgan fingerprint density at radius 2 is 1.10 bits per heavy atom. The Balaban J connectivity index is 0.000000157. The molecule has 0 saturated heterocycles. The third-order valence-electron chi connectivity index (χ3n) is 9.56. The van der Waals surface area contributed by atoms with Crippen molar-refractivity contribution in [2.24, 2.45) is 7.05 Å². The lowest BCUT2D eigenvalue weighted by Gasteiger charge is -2.02. The van der Waals surface area contributed by atoms with Gasteiger partial charge in [-0.15, -0.1) is 11.3 Å². The maximum absolute atomic E-state index is 4.83. The highest BCUT2D eigenvalue weighted by Crippen LogP contribution is 2.27. The molecular weight excluding hydrogens is 759 g/mol. The number of para-hydroxylation sites is 2. The largest absolute Gasteiger partial charge is 0.472 e. The Kier molecular flexibility index (Phi) is 18.7. The summed E-state index contributed by atoms with van der Waals surface area (Å²) in [6.07, 6.45) is 5.03. The van der Waals surface area contributed by atoms with Crippen LogP contribution in [0.4, 0.5) is 0 Å². The van der Waals surface area contributed by atoms with Gasteiger partial charge in [-0.05, 0) is 165 Å². The Morgan fingerprint density at radius 3 is 1.49 bits per heavy atom. The van der Waals surface area contributed by atoms with E-state index in [2.05, 4.69) is 198 Å². The van der Waals surface area contributed by atoms with Crippen LogP contribution in [0.3, 0.4) is 0 Å². The topological polar surface area (TPSA) is 31.2 Å². The van der Waals surface area contributed by atoms with Crippen LogP contribution in [0.5, 0.6) is 0 Å². The van der Waals surface area contributed by atoms with Crippen LogP contribution in [0.1, 0.15) is 49.6 Å². The monoisotopic (exact) mass is 817 g/mol. The minimum atomic E-state index is 0.968. The summed E-state index contributed by atoms with van der Waals surface area (Å²) < 4.78 is 11.8. The molecule has 0 spiro atoms. The Hall–Kier alpha value is -5.88. The zero-order chi connectivity index (χ0) is 42.6. The van der Waals surface area contributed by atoms with E-state index in [0.717, 1.165) is 5.76 Å². The molecular formula is C54H59NO2S2. The van der Waals surface area contributed by atoms with Crippen LogP contribution in [0.25, 0.3) is 32.6 Å². The first-order valence-corrected chi connectivity index (χ1v) is 21.7. The molecule has 0 saturated carbocycles. The molecule has 0 radical (unpaired) electrons. The molecule has 5 aromatic carbocycles. The van der Waals surface area contributed by atoms with E-state index >= 15 is 0 Å². The second-order valence-corrected chi connectivity index (χ2v) is 16.4. The van der Waals surface area contributed by atoms with Gasteiger partial charge in [0, 0.05) is 33.7 Å². The van der Waals surface area contributed by atoms with E-state index in [-0.39, 0.29) is 0 Å². The molecule has 0 atom stereocenters. The van der Waals surface area contributed by atoms with E-state index in [4.69, 9.17) is 8.83 Å². The summed E-state index contributed by atoms with van der Waals surface area (Å²) in [6, 6.07) is 48.3.